The van der Waals surface area contributed by atoms with Gasteiger partial charge in [0, 0.05) is 0 Å². The van der Waals surface area contributed by atoms with Gasteiger partial charge in [0.2, 0.25) is 0 Å². The zero-order valence-corrected chi connectivity index (χ0v) is 14.1. The Bertz CT molecular complexity index is 265. The molecule has 1 rings (SSSR count). The van der Waals surface area contributed by atoms with Gasteiger partial charge >= 0.3 is 26.2 Å². The quantitative estimate of drug-likeness (QED) is 0.532. The van der Waals surface area contributed by atoms with Crippen molar-refractivity contribution in [2.24, 2.45) is 0 Å². The zero-order valence-electron chi connectivity index (χ0n) is 10.2. The first-order chi connectivity index (χ1) is 5.59. The van der Waals surface area contributed by atoms with Crippen LogP contribution in [0.5, 0.6) is 0 Å². The van der Waals surface area contributed by atoms with Crippen molar-refractivity contribution in [3.63, 3.8) is 0 Å². The van der Waals surface area contributed by atoms with Gasteiger partial charge in [-0.1, -0.05) is 47.5 Å². The largest absolute Gasteiger partial charge is 3.00 e. The van der Waals surface area contributed by atoms with Crippen LogP contribution < -0.4 is 24.8 Å². The molecule has 0 saturated heterocycles. The van der Waals surface area contributed by atoms with Crippen LogP contribution in [0, 0.1) is 27.7 Å². The predicted octanol–water partition coefficient (Wildman–Crippen LogP) is -2.40. The van der Waals surface area contributed by atoms with E-state index in [-0.39, 0.29) is 51.0 Å². The second-order valence-corrected chi connectivity index (χ2v) is 3.73. The Kier molecular flexibility index (Phi) is 12.6. The van der Waals surface area contributed by atoms with Gasteiger partial charge in [0.25, 0.3) is 0 Å². The van der Waals surface area contributed by atoms with Crippen LogP contribution in [0.3, 0.4) is 0 Å². The summed E-state index contributed by atoms with van der Waals surface area (Å²) in [6, 6.07) is 0. The van der Waals surface area contributed by atoms with E-state index in [1.807, 2.05) is 0 Å². The third-order valence-electron chi connectivity index (χ3n) is 3.09. The summed E-state index contributed by atoms with van der Waals surface area (Å²) in [5, 5.41) is 0. The Balaban J connectivity index is -0.000000480. The molecule has 1 aromatic rings. The molecular formula is C12H19Cl2Zr. The van der Waals surface area contributed by atoms with Crippen LogP contribution in [0.2, 0.25) is 0 Å². The molecule has 0 atom stereocenters. The smallest absolute Gasteiger partial charge is 1.00 e. The van der Waals surface area contributed by atoms with Crippen molar-refractivity contribution in [3.8, 4) is 0 Å². The van der Waals surface area contributed by atoms with Crippen molar-refractivity contribution < 1.29 is 51.0 Å². The van der Waals surface area contributed by atoms with E-state index in [4.69, 9.17) is 0 Å². The van der Waals surface area contributed by atoms with Gasteiger partial charge in [-0.3, -0.25) is 0 Å². The molecule has 0 amide bonds. The summed E-state index contributed by atoms with van der Waals surface area (Å²) in [6.45, 7) is 11.2. The standard InChI is InChI=1S/C12H19.2ClH.Zr/c1-6-7-12-10(4)8(2)9(3)11(12)5;;;/h6-7H2,1-5H3;2*1H;/q-1;;;+3/p-2. The number of hydrogen-bond donors (Lipinski definition) is 0. The average molecular weight is 325 g/mol. The third kappa shape index (κ3) is 4.29. The Morgan fingerprint density at radius 3 is 1.47 bits per heavy atom. The van der Waals surface area contributed by atoms with Crippen molar-refractivity contribution in [3.05, 3.63) is 27.8 Å². The van der Waals surface area contributed by atoms with Crippen molar-refractivity contribution >= 4 is 0 Å². The van der Waals surface area contributed by atoms with E-state index in [2.05, 4.69) is 34.6 Å². The minimum Gasteiger partial charge on any atom is -1.00 e. The van der Waals surface area contributed by atoms with Crippen molar-refractivity contribution in [2.45, 2.75) is 47.5 Å². The van der Waals surface area contributed by atoms with E-state index in [0.29, 0.717) is 0 Å². The summed E-state index contributed by atoms with van der Waals surface area (Å²) < 4.78 is 0. The van der Waals surface area contributed by atoms with Crippen LogP contribution in [0.4, 0.5) is 0 Å². The van der Waals surface area contributed by atoms with Gasteiger partial charge in [0.1, 0.15) is 0 Å². The van der Waals surface area contributed by atoms with Gasteiger partial charge in [0.15, 0.2) is 0 Å². The molecule has 0 N–H and O–H groups in total. The third-order valence-corrected chi connectivity index (χ3v) is 3.09. The SMILES string of the molecule is CCC[c-]1c(C)c(C)c(C)c1C.[Cl-].[Cl-].[Zr+3]. The maximum Gasteiger partial charge on any atom is 3.00 e. The molecule has 0 nitrogen and oxygen atoms in total. The topological polar surface area (TPSA) is 0 Å². The molecule has 0 aliphatic carbocycles. The van der Waals surface area contributed by atoms with Gasteiger partial charge in [-0.05, 0) is 0 Å². The molecule has 0 unspecified atom stereocenters. The molecule has 0 fully saturated rings. The first kappa shape index (κ1) is 21.1. The molecule has 0 aliphatic rings. The van der Waals surface area contributed by atoms with Gasteiger partial charge in [-0.15, -0.1) is 0 Å². The van der Waals surface area contributed by atoms with Crippen LogP contribution in [0.15, 0.2) is 0 Å². The molecule has 0 bridgehead atoms. The van der Waals surface area contributed by atoms with E-state index in [9.17, 15) is 0 Å². The monoisotopic (exact) mass is 323 g/mol. The molecular weight excluding hydrogens is 306 g/mol. The normalized spacial score (nSPS) is 8.60. The second kappa shape index (κ2) is 8.91. The number of rotatable bonds is 2. The van der Waals surface area contributed by atoms with Gasteiger partial charge in [-0.25, -0.2) is 0 Å². The predicted molar refractivity (Wildman–Crippen MR) is 55.0 cm³/mol. The van der Waals surface area contributed by atoms with Crippen LogP contribution in [0.1, 0.15) is 41.2 Å². The number of halogens is 2. The Morgan fingerprint density at radius 2 is 1.20 bits per heavy atom. The average Bonchev–Trinajstić information content (AvgIpc) is 2.23. The Labute approximate surface area is 126 Å². The number of hydrogen-bond acceptors (Lipinski definition) is 0. The summed E-state index contributed by atoms with van der Waals surface area (Å²) in [5.74, 6) is 0. The summed E-state index contributed by atoms with van der Waals surface area (Å²) in [4.78, 5) is 0. The van der Waals surface area contributed by atoms with Gasteiger partial charge in [-0.2, -0.15) is 27.8 Å². The van der Waals surface area contributed by atoms with Crippen molar-refractivity contribution in [2.75, 3.05) is 0 Å². The second-order valence-electron chi connectivity index (χ2n) is 3.73. The molecule has 3 heteroatoms. The van der Waals surface area contributed by atoms with Gasteiger partial charge < -0.3 is 24.8 Å². The summed E-state index contributed by atoms with van der Waals surface area (Å²) in [5.41, 5.74) is 7.62. The fraction of sp³-hybridized carbons (Fsp3) is 0.583. The van der Waals surface area contributed by atoms with E-state index in [1.165, 1.54) is 35.1 Å². The first-order valence-electron chi connectivity index (χ1n) is 4.81. The minimum absolute atomic E-state index is 0. The maximum absolute atomic E-state index is 2.25. The molecule has 0 aromatic heterocycles. The molecule has 15 heavy (non-hydrogen) atoms. The summed E-state index contributed by atoms with van der Waals surface area (Å²) in [7, 11) is 0. The molecule has 0 spiro atoms. The molecule has 0 heterocycles. The Hall–Kier alpha value is 0.813. The van der Waals surface area contributed by atoms with Crippen LogP contribution in [-0.4, -0.2) is 0 Å². The first-order valence-corrected chi connectivity index (χ1v) is 4.81. The van der Waals surface area contributed by atoms with Crippen LogP contribution >= 0.6 is 0 Å². The minimum atomic E-state index is 0. The summed E-state index contributed by atoms with van der Waals surface area (Å²) in [6.07, 6.45) is 2.50. The Morgan fingerprint density at radius 1 is 0.867 bits per heavy atom. The fourth-order valence-electron chi connectivity index (χ4n) is 1.92. The fourth-order valence-corrected chi connectivity index (χ4v) is 1.92. The zero-order chi connectivity index (χ0) is 9.30. The summed E-state index contributed by atoms with van der Waals surface area (Å²) >= 11 is 0. The molecule has 1 aromatic carbocycles. The van der Waals surface area contributed by atoms with E-state index in [1.54, 1.807) is 5.56 Å². The molecule has 85 valence electrons. The van der Waals surface area contributed by atoms with E-state index < -0.39 is 0 Å². The van der Waals surface area contributed by atoms with E-state index in [0.717, 1.165) is 0 Å². The van der Waals surface area contributed by atoms with E-state index >= 15 is 0 Å². The van der Waals surface area contributed by atoms with Crippen molar-refractivity contribution in [1.82, 2.24) is 0 Å². The van der Waals surface area contributed by atoms with Crippen LogP contribution in [-0.2, 0) is 32.6 Å². The van der Waals surface area contributed by atoms with Crippen molar-refractivity contribution in [1.29, 1.82) is 0 Å². The molecule has 0 saturated carbocycles. The maximum atomic E-state index is 2.25. The van der Waals surface area contributed by atoms with Crippen LogP contribution in [0.25, 0.3) is 0 Å². The van der Waals surface area contributed by atoms with Gasteiger partial charge in [0.05, 0.1) is 0 Å². The molecule has 1 radical (unpaired) electrons. The molecule has 0 aliphatic heterocycles.